The van der Waals surface area contributed by atoms with Crippen LogP contribution in [0.5, 0.6) is 5.75 Å². The van der Waals surface area contributed by atoms with E-state index in [1.54, 1.807) is 34.1 Å². The number of carbonyl (C=O) groups excluding carboxylic acids is 1. The Morgan fingerprint density at radius 1 is 1.10 bits per heavy atom. The molecule has 1 aromatic rings. The molecule has 2 saturated heterocycles. The summed E-state index contributed by atoms with van der Waals surface area (Å²) >= 11 is 0. The number of rotatable bonds is 4. The highest BCUT2D eigenvalue weighted by atomic mass is 32.2. The summed E-state index contributed by atoms with van der Waals surface area (Å²) in [6.45, 7) is 9.44. The number of hydrogen-bond donors (Lipinski definition) is 0. The van der Waals surface area contributed by atoms with E-state index in [2.05, 4.69) is 0 Å². The summed E-state index contributed by atoms with van der Waals surface area (Å²) in [5.74, 6) is 0.545. The number of methoxy groups -OCH3 is 1. The zero-order valence-electron chi connectivity index (χ0n) is 17.7. The van der Waals surface area contributed by atoms with E-state index < -0.39 is 16.2 Å². The van der Waals surface area contributed by atoms with E-state index in [9.17, 15) is 13.2 Å². The summed E-state index contributed by atoms with van der Waals surface area (Å²) < 4.78 is 38.9. The Bertz CT molecular complexity index is 817. The molecule has 9 heteroatoms. The highest BCUT2D eigenvalue weighted by Crippen LogP contribution is 2.30. The van der Waals surface area contributed by atoms with Gasteiger partial charge in [-0.15, -0.1) is 0 Å². The standard InChI is InChI=1S/C20H31N3O5S/c1-14(2)19-22(20(24)21-12-15(3)28-16(4)13-21)10-11-23(19)29(25,26)18-8-6-17(27-5)7-9-18/h6-9,14-16,19H,10-13H2,1-5H3/t15-,16+,19-/m1/s1. The molecule has 29 heavy (non-hydrogen) atoms. The van der Waals surface area contributed by atoms with Crippen molar-refractivity contribution in [1.82, 2.24) is 14.1 Å². The van der Waals surface area contributed by atoms with Crippen LogP contribution in [0.15, 0.2) is 29.2 Å². The predicted molar refractivity (Wildman–Crippen MR) is 109 cm³/mol. The number of sulfonamides is 1. The first kappa shape index (κ1) is 21.9. The number of amides is 2. The molecule has 0 bridgehead atoms. The topological polar surface area (TPSA) is 79.4 Å². The minimum Gasteiger partial charge on any atom is -0.497 e. The smallest absolute Gasteiger partial charge is 0.321 e. The highest BCUT2D eigenvalue weighted by Gasteiger charge is 2.45. The summed E-state index contributed by atoms with van der Waals surface area (Å²) in [6, 6.07) is 6.22. The molecule has 8 nitrogen and oxygen atoms in total. The third kappa shape index (κ3) is 4.36. The third-order valence-electron chi connectivity index (χ3n) is 5.37. The largest absolute Gasteiger partial charge is 0.497 e. The van der Waals surface area contributed by atoms with Gasteiger partial charge in [-0.25, -0.2) is 13.2 Å². The first-order valence-corrected chi connectivity index (χ1v) is 11.5. The molecule has 2 fully saturated rings. The fourth-order valence-electron chi connectivity index (χ4n) is 4.19. The maximum Gasteiger partial charge on any atom is 0.321 e. The van der Waals surface area contributed by atoms with Gasteiger partial charge in [0.2, 0.25) is 10.0 Å². The van der Waals surface area contributed by atoms with Crippen LogP contribution in [0.2, 0.25) is 0 Å². The lowest BCUT2D eigenvalue weighted by atomic mass is 10.1. The summed E-state index contributed by atoms with van der Waals surface area (Å²) in [6.07, 6.45) is -0.605. The monoisotopic (exact) mass is 425 g/mol. The number of morpholine rings is 1. The second-order valence-corrected chi connectivity index (χ2v) is 9.98. The minimum atomic E-state index is -3.74. The second kappa shape index (κ2) is 8.49. The molecule has 0 aliphatic carbocycles. The normalized spacial score (nSPS) is 26.2. The number of urea groups is 1. The van der Waals surface area contributed by atoms with Crippen molar-refractivity contribution in [3.63, 3.8) is 0 Å². The van der Waals surface area contributed by atoms with Crippen molar-refractivity contribution in [2.45, 2.75) is 51.0 Å². The zero-order valence-corrected chi connectivity index (χ0v) is 18.6. The Balaban J connectivity index is 1.85. The van der Waals surface area contributed by atoms with Gasteiger partial charge in [0.15, 0.2) is 0 Å². The van der Waals surface area contributed by atoms with Gasteiger partial charge < -0.3 is 19.3 Å². The summed E-state index contributed by atoms with van der Waals surface area (Å²) in [4.78, 5) is 16.9. The molecule has 2 aliphatic heterocycles. The van der Waals surface area contributed by atoms with E-state index in [0.29, 0.717) is 25.4 Å². The Labute approximate surface area is 173 Å². The first-order valence-electron chi connectivity index (χ1n) is 10.0. The van der Waals surface area contributed by atoms with Crippen LogP contribution in [-0.4, -0.2) is 80.2 Å². The lowest BCUT2D eigenvalue weighted by Crippen LogP contribution is -2.56. The Kier molecular flexibility index (Phi) is 6.40. The van der Waals surface area contributed by atoms with E-state index in [4.69, 9.17) is 9.47 Å². The van der Waals surface area contributed by atoms with Crippen LogP contribution in [0, 0.1) is 5.92 Å². The number of benzene rings is 1. The van der Waals surface area contributed by atoms with Crippen molar-refractivity contribution in [2.24, 2.45) is 5.92 Å². The number of nitrogens with zero attached hydrogens (tertiary/aromatic N) is 3. The predicted octanol–water partition coefficient (Wildman–Crippen LogP) is 2.21. The average molecular weight is 426 g/mol. The van der Waals surface area contributed by atoms with Crippen LogP contribution < -0.4 is 4.74 Å². The fourth-order valence-corrected chi connectivity index (χ4v) is 5.90. The molecule has 2 heterocycles. The van der Waals surface area contributed by atoms with E-state index in [0.717, 1.165) is 0 Å². The van der Waals surface area contributed by atoms with Gasteiger partial charge in [0, 0.05) is 26.2 Å². The molecule has 0 aromatic heterocycles. The van der Waals surface area contributed by atoms with Crippen LogP contribution in [0.1, 0.15) is 27.7 Å². The van der Waals surface area contributed by atoms with Crippen molar-refractivity contribution >= 4 is 16.1 Å². The lowest BCUT2D eigenvalue weighted by Gasteiger charge is -2.40. The summed E-state index contributed by atoms with van der Waals surface area (Å²) in [5.41, 5.74) is 0. The highest BCUT2D eigenvalue weighted by molar-refractivity contribution is 7.89. The van der Waals surface area contributed by atoms with Gasteiger partial charge in [0.25, 0.3) is 0 Å². The summed E-state index contributed by atoms with van der Waals surface area (Å²) in [7, 11) is -2.20. The van der Waals surface area contributed by atoms with E-state index in [1.165, 1.54) is 11.4 Å². The van der Waals surface area contributed by atoms with Crippen molar-refractivity contribution in [3.05, 3.63) is 24.3 Å². The van der Waals surface area contributed by atoms with E-state index in [-0.39, 0.29) is 35.6 Å². The molecular weight excluding hydrogens is 394 g/mol. The Morgan fingerprint density at radius 2 is 1.69 bits per heavy atom. The quantitative estimate of drug-likeness (QED) is 0.739. The molecule has 0 radical (unpaired) electrons. The zero-order chi connectivity index (χ0) is 21.3. The number of carbonyl (C=O) groups is 1. The van der Waals surface area contributed by atoms with Crippen LogP contribution in [0.4, 0.5) is 4.79 Å². The molecule has 162 valence electrons. The van der Waals surface area contributed by atoms with Gasteiger partial charge in [0.05, 0.1) is 24.2 Å². The molecule has 2 amide bonds. The molecule has 0 N–H and O–H groups in total. The third-order valence-corrected chi connectivity index (χ3v) is 7.26. The first-order chi connectivity index (χ1) is 13.6. The van der Waals surface area contributed by atoms with Gasteiger partial charge in [0.1, 0.15) is 11.9 Å². The van der Waals surface area contributed by atoms with Gasteiger partial charge in [-0.2, -0.15) is 4.31 Å². The Hall–Kier alpha value is -1.84. The van der Waals surface area contributed by atoms with E-state index in [1.807, 2.05) is 27.7 Å². The molecule has 0 spiro atoms. The lowest BCUT2D eigenvalue weighted by molar-refractivity contribution is -0.0595. The average Bonchev–Trinajstić information content (AvgIpc) is 3.13. The van der Waals surface area contributed by atoms with Crippen molar-refractivity contribution in [3.8, 4) is 5.75 Å². The van der Waals surface area contributed by atoms with Crippen LogP contribution in [0.3, 0.4) is 0 Å². The maximum atomic E-state index is 13.3. The molecule has 0 saturated carbocycles. The van der Waals surface area contributed by atoms with Crippen LogP contribution >= 0.6 is 0 Å². The molecule has 3 rings (SSSR count). The molecule has 1 aromatic carbocycles. The van der Waals surface area contributed by atoms with Gasteiger partial charge in [-0.1, -0.05) is 13.8 Å². The van der Waals surface area contributed by atoms with Crippen molar-refractivity contribution in [1.29, 1.82) is 0 Å². The van der Waals surface area contributed by atoms with Crippen LogP contribution in [-0.2, 0) is 14.8 Å². The van der Waals surface area contributed by atoms with Gasteiger partial charge in [-0.3, -0.25) is 0 Å². The molecule has 0 unspecified atom stereocenters. The van der Waals surface area contributed by atoms with Crippen molar-refractivity contribution in [2.75, 3.05) is 33.3 Å². The van der Waals surface area contributed by atoms with Gasteiger partial charge in [-0.05, 0) is 44.0 Å². The number of hydrogen-bond acceptors (Lipinski definition) is 5. The Morgan fingerprint density at radius 3 is 2.21 bits per heavy atom. The number of ether oxygens (including phenoxy) is 2. The molecular formula is C20H31N3O5S. The fraction of sp³-hybridized carbons (Fsp3) is 0.650. The van der Waals surface area contributed by atoms with Crippen molar-refractivity contribution < 1.29 is 22.7 Å². The maximum absolute atomic E-state index is 13.3. The molecule has 3 atom stereocenters. The minimum absolute atomic E-state index is 0.0399. The van der Waals surface area contributed by atoms with Crippen LogP contribution in [0.25, 0.3) is 0 Å². The SMILES string of the molecule is COc1ccc(S(=O)(=O)N2CCN(C(=O)N3C[C@@H](C)O[C@@H](C)C3)[C@H]2C(C)C)cc1. The van der Waals surface area contributed by atoms with Gasteiger partial charge >= 0.3 is 6.03 Å². The summed E-state index contributed by atoms with van der Waals surface area (Å²) in [5, 5.41) is 0. The second-order valence-electron chi connectivity index (χ2n) is 8.09. The van der Waals surface area contributed by atoms with E-state index >= 15 is 0 Å². The molecule has 2 aliphatic rings.